The zero-order valence-corrected chi connectivity index (χ0v) is 20.4. The van der Waals surface area contributed by atoms with Gasteiger partial charge >= 0.3 is 0 Å². The summed E-state index contributed by atoms with van der Waals surface area (Å²) in [5.41, 5.74) is 1.73. The number of carbonyl (C=O) groups is 3. The number of aliphatic hydroxyl groups is 3. The van der Waals surface area contributed by atoms with E-state index < -0.39 is 35.9 Å². The number of Topliss-reactive ketones (excluding diaryl/α,β-unsaturated/α-hetero) is 1. The van der Waals surface area contributed by atoms with Crippen LogP contribution in [-0.4, -0.2) is 57.6 Å². The average Bonchev–Trinajstić information content (AvgIpc) is 2.82. The summed E-state index contributed by atoms with van der Waals surface area (Å²) in [6, 6.07) is 0. The second-order valence-electron chi connectivity index (χ2n) is 9.77. The topological polar surface area (TPSA) is 124 Å². The summed E-state index contributed by atoms with van der Waals surface area (Å²) in [5, 5.41) is 34.1. The van der Waals surface area contributed by atoms with Crippen LogP contribution in [0.1, 0.15) is 27.2 Å². The lowest BCUT2D eigenvalue weighted by atomic mass is 9.60. The number of fused-ring (bicyclic) bond motifs is 3. The summed E-state index contributed by atoms with van der Waals surface area (Å²) in [6.45, 7) is 6.18. The Morgan fingerprint density at radius 3 is 2.34 bits per heavy atom. The van der Waals surface area contributed by atoms with E-state index in [4.69, 9.17) is 0 Å². The Labute approximate surface area is 206 Å². The van der Waals surface area contributed by atoms with E-state index in [0.29, 0.717) is 6.54 Å². The molecule has 0 spiro atoms. The normalized spacial score (nSPS) is 36.9. The Morgan fingerprint density at radius 2 is 1.60 bits per heavy atom. The van der Waals surface area contributed by atoms with Crippen molar-refractivity contribution in [2.24, 2.45) is 29.6 Å². The molecule has 35 heavy (non-hydrogen) atoms. The molecule has 0 aromatic rings. The highest BCUT2D eigenvalue weighted by molar-refractivity contribution is 6.03. The van der Waals surface area contributed by atoms with Gasteiger partial charge in [-0.25, -0.2) is 0 Å². The van der Waals surface area contributed by atoms with Crippen molar-refractivity contribution in [3.8, 4) is 0 Å². The molecule has 0 saturated heterocycles. The Morgan fingerprint density at radius 1 is 0.886 bits per heavy atom. The molecule has 7 heteroatoms. The lowest BCUT2D eigenvalue weighted by Crippen LogP contribution is -2.59. The summed E-state index contributed by atoms with van der Waals surface area (Å²) in [7, 11) is 0. The van der Waals surface area contributed by atoms with Crippen LogP contribution in [0.5, 0.6) is 0 Å². The highest BCUT2D eigenvalue weighted by Crippen LogP contribution is 2.45. The fourth-order valence-corrected chi connectivity index (χ4v) is 4.99. The lowest BCUT2D eigenvalue weighted by Gasteiger charge is -2.46. The third-order valence-electron chi connectivity index (χ3n) is 6.98. The minimum Gasteiger partial charge on any atom is -0.390 e. The van der Waals surface area contributed by atoms with Gasteiger partial charge in [0.25, 0.3) is 0 Å². The van der Waals surface area contributed by atoms with Gasteiger partial charge < -0.3 is 20.6 Å². The van der Waals surface area contributed by atoms with E-state index in [1.807, 2.05) is 56.4 Å². The molecule has 3 aliphatic rings. The van der Waals surface area contributed by atoms with Crippen molar-refractivity contribution in [3.05, 3.63) is 71.9 Å². The molecule has 1 aliphatic heterocycles. The standard InChI is InChI=1S/C28H35NO6/c1-16-9-10-19(30)14-23(31)29-15-17(2)7-5-4-6-8-18(3)20-11-12-21-24(22(20)13-16)26(33)28(35)27(34)25(21)32/h4-13,17,20-22,24,26-28,33-35H,14-15H2,1-3H3,(H,29,31)/t17-,20-,21-,22-,24-,26-,27-,28+/m1/s1. The summed E-state index contributed by atoms with van der Waals surface area (Å²) >= 11 is 0. The summed E-state index contributed by atoms with van der Waals surface area (Å²) in [6.07, 6.45) is 13.4. The van der Waals surface area contributed by atoms with Crippen molar-refractivity contribution in [2.45, 2.75) is 45.5 Å². The molecule has 0 bridgehead atoms. The molecular formula is C28H35NO6. The van der Waals surface area contributed by atoms with E-state index in [2.05, 4.69) is 5.32 Å². The number of allylic oxidation sites excluding steroid dienone is 11. The Balaban J connectivity index is 2.03. The predicted molar refractivity (Wildman–Crippen MR) is 133 cm³/mol. The van der Waals surface area contributed by atoms with Crippen LogP contribution >= 0.6 is 0 Å². The number of nitrogens with one attached hydrogen (secondary N) is 1. The zero-order chi connectivity index (χ0) is 25.7. The van der Waals surface area contributed by atoms with Gasteiger partial charge in [0.05, 0.1) is 12.5 Å². The van der Waals surface area contributed by atoms with Crippen LogP contribution in [0.15, 0.2) is 71.9 Å². The number of amides is 1. The van der Waals surface area contributed by atoms with Crippen molar-refractivity contribution in [1.82, 2.24) is 5.32 Å². The van der Waals surface area contributed by atoms with Gasteiger partial charge in [-0.15, -0.1) is 0 Å². The van der Waals surface area contributed by atoms with Crippen molar-refractivity contribution in [1.29, 1.82) is 0 Å². The molecule has 7 nitrogen and oxygen atoms in total. The van der Waals surface area contributed by atoms with Gasteiger partial charge in [-0.1, -0.05) is 72.8 Å². The first-order valence-corrected chi connectivity index (χ1v) is 12.0. The molecule has 2 aliphatic carbocycles. The molecule has 3 rings (SSSR count). The quantitative estimate of drug-likeness (QED) is 0.310. The second-order valence-corrected chi connectivity index (χ2v) is 9.77. The molecule has 0 aromatic carbocycles. The van der Waals surface area contributed by atoms with Crippen molar-refractivity contribution in [3.63, 3.8) is 0 Å². The number of aliphatic hydroxyl groups excluding tert-OH is 3. The summed E-state index contributed by atoms with van der Waals surface area (Å²) in [4.78, 5) is 37.1. The first kappa shape index (κ1) is 26.7. The van der Waals surface area contributed by atoms with Crippen LogP contribution in [0.4, 0.5) is 0 Å². The van der Waals surface area contributed by atoms with Gasteiger partial charge in [0.2, 0.25) is 5.91 Å². The predicted octanol–water partition coefficient (Wildman–Crippen LogP) is 1.97. The maximum Gasteiger partial charge on any atom is 0.227 e. The second kappa shape index (κ2) is 11.7. The minimum atomic E-state index is -1.63. The smallest absolute Gasteiger partial charge is 0.227 e. The van der Waals surface area contributed by atoms with Crippen molar-refractivity contribution < 1.29 is 29.7 Å². The van der Waals surface area contributed by atoms with E-state index >= 15 is 0 Å². The SMILES string of the molecule is CC1=C[C@H]2[C@@H]3[C@@H](O)[C@H](O)[C@H](O)C(=O)[C@@H]3C=C[C@@H]2C(C)=CC=CC=C[C@@H](C)CNC(=O)CC(=O)C=C1. The molecule has 188 valence electrons. The summed E-state index contributed by atoms with van der Waals surface area (Å²) < 4.78 is 0. The third kappa shape index (κ3) is 6.42. The third-order valence-corrected chi connectivity index (χ3v) is 6.98. The van der Waals surface area contributed by atoms with Gasteiger partial charge in [-0.3, -0.25) is 14.4 Å². The van der Waals surface area contributed by atoms with Crippen LogP contribution in [0.3, 0.4) is 0 Å². The molecule has 1 fully saturated rings. The average molecular weight is 482 g/mol. The van der Waals surface area contributed by atoms with Crippen molar-refractivity contribution in [2.75, 3.05) is 6.54 Å². The first-order chi connectivity index (χ1) is 16.6. The molecule has 1 heterocycles. The highest BCUT2D eigenvalue weighted by atomic mass is 16.4. The van der Waals surface area contributed by atoms with Crippen LogP contribution < -0.4 is 5.32 Å². The molecule has 0 aromatic heterocycles. The van der Waals surface area contributed by atoms with E-state index in [-0.39, 0.29) is 35.9 Å². The van der Waals surface area contributed by atoms with Gasteiger partial charge in [0.15, 0.2) is 11.6 Å². The Bertz CT molecular complexity index is 1020. The first-order valence-electron chi connectivity index (χ1n) is 12.0. The van der Waals surface area contributed by atoms with Crippen molar-refractivity contribution >= 4 is 17.5 Å². The Kier molecular flexibility index (Phi) is 8.94. The minimum absolute atomic E-state index is 0.0954. The largest absolute Gasteiger partial charge is 0.390 e. The zero-order valence-electron chi connectivity index (χ0n) is 20.4. The fraction of sp³-hybridized carbons (Fsp3) is 0.464. The van der Waals surface area contributed by atoms with Gasteiger partial charge in [-0.05, 0) is 31.8 Å². The molecule has 0 unspecified atom stereocenters. The van der Waals surface area contributed by atoms with Gasteiger partial charge in [-0.2, -0.15) is 0 Å². The molecule has 4 N–H and O–H groups in total. The number of carbonyl (C=O) groups excluding carboxylic acids is 3. The van der Waals surface area contributed by atoms with E-state index in [1.165, 1.54) is 6.08 Å². The monoisotopic (exact) mass is 481 g/mol. The number of hydrogen-bond donors (Lipinski definition) is 4. The van der Waals surface area contributed by atoms with E-state index in [1.54, 1.807) is 19.1 Å². The molecule has 1 saturated carbocycles. The number of ketones is 2. The molecule has 1 amide bonds. The van der Waals surface area contributed by atoms with Crippen LogP contribution in [0.2, 0.25) is 0 Å². The van der Waals surface area contributed by atoms with Gasteiger partial charge in [0, 0.05) is 24.3 Å². The maximum absolute atomic E-state index is 12.7. The fourth-order valence-electron chi connectivity index (χ4n) is 4.99. The van der Waals surface area contributed by atoms with E-state index in [9.17, 15) is 29.7 Å². The highest BCUT2D eigenvalue weighted by Gasteiger charge is 2.52. The molecular weight excluding hydrogens is 446 g/mol. The van der Waals surface area contributed by atoms with Crippen LogP contribution in [0, 0.1) is 29.6 Å². The Hall–Kier alpha value is -2.87. The number of rotatable bonds is 0. The maximum atomic E-state index is 12.7. The lowest BCUT2D eigenvalue weighted by molar-refractivity contribution is -0.165. The van der Waals surface area contributed by atoms with Gasteiger partial charge in [0.1, 0.15) is 12.2 Å². The van der Waals surface area contributed by atoms with Crippen LogP contribution in [0.25, 0.3) is 0 Å². The summed E-state index contributed by atoms with van der Waals surface area (Å²) in [5.74, 6) is -2.99. The van der Waals surface area contributed by atoms with E-state index in [0.717, 1.165) is 11.1 Å². The molecule has 0 radical (unpaired) electrons. The number of hydrogen-bond acceptors (Lipinski definition) is 6. The molecule has 8 atom stereocenters. The van der Waals surface area contributed by atoms with Crippen LogP contribution in [-0.2, 0) is 14.4 Å².